The first-order valence-corrected chi connectivity index (χ1v) is 5.75. The third-order valence-electron chi connectivity index (χ3n) is 3.11. The Balaban J connectivity index is 2.24. The lowest BCUT2D eigenvalue weighted by Gasteiger charge is -2.43. The second-order valence-corrected chi connectivity index (χ2v) is 4.91. The standard InChI is InChI=1S/C12H18N4O/c1-12(2)8-14-5-6-16(12)10-4-3-9(7-15-10)11(13)17/h3-4,7,14H,5-6,8H2,1-2H3,(H2,13,17). The van der Waals surface area contributed by atoms with Crippen LogP contribution in [-0.4, -0.2) is 36.1 Å². The topological polar surface area (TPSA) is 71.2 Å². The van der Waals surface area contributed by atoms with Gasteiger partial charge in [-0.2, -0.15) is 0 Å². The molecule has 17 heavy (non-hydrogen) atoms. The van der Waals surface area contributed by atoms with Crippen LogP contribution in [0.4, 0.5) is 5.82 Å². The Morgan fingerprint density at radius 1 is 1.53 bits per heavy atom. The summed E-state index contributed by atoms with van der Waals surface area (Å²) >= 11 is 0. The lowest BCUT2D eigenvalue weighted by molar-refractivity contribution is 0.1000. The van der Waals surface area contributed by atoms with Crippen LogP contribution in [-0.2, 0) is 0 Å². The summed E-state index contributed by atoms with van der Waals surface area (Å²) < 4.78 is 0. The molecule has 0 spiro atoms. The third-order valence-corrected chi connectivity index (χ3v) is 3.11. The quantitative estimate of drug-likeness (QED) is 0.775. The number of piperazine rings is 1. The van der Waals surface area contributed by atoms with Crippen molar-refractivity contribution in [2.45, 2.75) is 19.4 Å². The van der Waals surface area contributed by atoms with E-state index >= 15 is 0 Å². The third kappa shape index (κ3) is 2.39. The monoisotopic (exact) mass is 234 g/mol. The van der Waals surface area contributed by atoms with Crippen LogP contribution >= 0.6 is 0 Å². The number of hydrogen-bond acceptors (Lipinski definition) is 4. The Labute approximate surface area is 101 Å². The lowest BCUT2D eigenvalue weighted by Crippen LogP contribution is -2.58. The largest absolute Gasteiger partial charge is 0.366 e. The molecule has 5 heteroatoms. The first-order valence-electron chi connectivity index (χ1n) is 5.75. The van der Waals surface area contributed by atoms with Crippen molar-refractivity contribution in [3.8, 4) is 0 Å². The molecule has 0 bridgehead atoms. The maximum atomic E-state index is 11.0. The van der Waals surface area contributed by atoms with Crippen molar-refractivity contribution in [2.75, 3.05) is 24.5 Å². The van der Waals surface area contributed by atoms with E-state index in [0.717, 1.165) is 25.5 Å². The van der Waals surface area contributed by atoms with Crippen molar-refractivity contribution in [1.29, 1.82) is 0 Å². The van der Waals surface area contributed by atoms with Crippen LogP contribution in [0.25, 0.3) is 0 Å². The number of primary amides is 1. The van der Waals surface area contributed by atoms with E-state index in [1.54, 1.807) is 6.07 Å². The number of nitrogens with two attached hydrogens (primary N) is 1. The van der Waals surface area contributed by atoms with Crippen molar-refractivity contribution in [1.82, 2.24) is 10.3 Å². The predicted molar refractivity (Wildman–Crippen MR) is 67.0 cm³/mol. The molecular formula is C12H18N4O. The van der Waals surface area contributed by atoms with E-state index in [-0.39, 0.29) is 5.54 Å². The van der Waals surface area contributed by atoms with Crippen LogP contribution < -0.4 is 16.0 Å². The molecule has 1 amide bonds. The van der Waals surface area contributed by atoms with E-state index in [9.17, 15) is 4.79 Å². The van der Waals surface area contributed by atoms with E-state index in [0.29, 0.717) is 5.56 Å². The number of anilines is 1. The number of nitrogens with zero attached hydrogens (tertiary/aromatic N) is 2. The van der Waals surface area contributed by atoms with Crippen molar-refractivity contribution >= 4 is 11.7 Å². The average molecular weight is 234 g/mol. The molecule has 1 aromatic rings. The van der Waals surface area contributed by atoms with Crippen LogP contribution in [0, 0.1) is 0 Å². The molecule has 1 aliphatic rings. The predicted octanol–water partition coefficient (Wildman–Crippen LogP) is 0.369. The second kappa shape index (κ2) is 4.33. The zero-order valence-electron chi connectivity index (χ0n) is 10.2. The van der Waals surface area contributed by atoms with Gasteiger partial charge in [0.05, 0.1) is 5.56 Å². The molecule has 5 nitrogen and oxygen atoms in total. The number of rotatable bonds is 2. The maximum absolute atomic E-state index is 11.0. The lowest BCUT2D eigenvalue weighted by atomic mass is 10.0. The molecule has 0 atom stereocenters. The molecule has 1 fully saturated rings. The van der Waals surface area contributed by atoms with Crippen molar-refractivity contribution in [3.05, 3.63) is 23.9 Å². The fourth-order valence-electron chi connectivity index (χ4n) is 2.10. The smallest absolute Gasteiger partial charge is 0.250 e. The Hall–Kier alpha value is -1.62. The van der Waals surface area contributed by atoms with Crippen LogP contribution in [0.3, 0.4) is 0 Å². The first kappa shape index (κ1) is 11.9. The molecule has 0 aliphatic carbocycles. The highest BCUT2D eigenvalue weighted by molar-refractivity contribution is 5.92. The highest BCUT2D eigenvalue weighted by atomic mass is 16.1. The zero-order valence-corrected chi connectivity index (χ0v) is 10.2. The molecule has 2 rings (SSSR count). The highest BCUT2D eigenvalue weighted by Gasteiger charge is 2.30. The minimum absolute atomic E-state index is 0.0273. The van der Waals surface area contributed by atoms with Crippen LogP contribution in [0.5, 0.6) is 0 Å². The summed E-state index contributed by atoms with van der Waals surface area (Å²) in [6, 6.07) is 3.58. The molecule has 1 saturated heterocycles. The fourth-order valence-corrected chi connectivity index (χ4v) is 2.10. The Morgan fingerprint density at radius 2 is 2.29 bits per heavy atom. The summed E-state index contributed by atoms with van der Waals surface area (Å²) in [4.78, 5) is 17.5. The van der Waals surface area contributed by atoms with Gasteiger partial charge in [-0.05, 0) is 26.0 Å². The number of pyridine rings is 1. The summed E-state index contributed by atoms with van der Waals surface area (Å²) in [5, 5.41) is 3.36. The molecular weight excluding hydrogens is 216 g/mol. The first-order chi connectivity index (χ1) is 8.00. The Morgan fingerprint density at radius 3 is 2.82 bits per heavy atom. The van der Waals surface area contributed by atoms with Gasteiger partial charge in [0.1, 0.15) is 5.82 Å². The summed E-state index contributed by atoms with van der Waals surface area (Å²) in [5.74, 6) is 0.449. The van der Waals surface area contributed by atoms with Gasteiger partial charge in [-0.25, -0.2) is 4.98 Å². The van der Waals surface area contributed by atoms with Crippen LogP contribution in [0.2, 0.25) is 0 Å². The minimum atomic E-state index is -0.441. The number of nitrogens with one attached hydrogen (secondary N) is 1. The van der Waals surface area contributed by atoms with Gasteiger partial charge in [0.2, 0.25) is 5.91 Å². The normalized spacial score (nSPS) is 19.1. The molecule has 0 unspecified atom stereocenters. The molecule has 0 saturated carbocycles. The van der Waals surface area contributed by atoms with Gasteiger partial charge in [-0.15, -0.1) is 0 Å². The van der Waals surface area contributed by atoms with Gasteiger partial charge in [-0.1, -0.05) is 0 Å². The molecule has 2 heterocycles. The van der Waals surface area contributed by atoms with Crippen molar-refractivity contribution < 1.29 is 4.79 Å². The molecule has 3 N–H and O–H groups in total. The molecule has 1 aliphatic heterocycles. The van der Waals surface area contributed by atoms with E-state index in [2.05, 4.69) is 29.0 Å². The van der Waals surface area contributed by atoms with E-state index in [4.69, 9.17) is 5.73 Å². The van der Waals surface area contributed by atoms with Gasteiger partial charge in [-0.3, -0.25) is 4.79 Å². The SMILES string of the molecule is CC1(C)CNCCN1c1ccc(C(N)=O)cn1. The number of aromatic nitrogens is 1. The Kier molecular flexibility index (Phi) is 3.02. The second-order valence-electron chi connectivity index (χ2n) is 4.91. The molecule has 1 aromatic heterocycles. The number of carbonyl (C=O) groups excluding carboxylic acids is 1. The van der Waals surface area contributed by atoms with Gasteiger partial charge in [0, 0.05) is 31.4 Å². The van der Waals surface area contributed by atoms with E-state index in [1.807, 2.05) is 6.07 Å². The van der Waals surface area contributed by atoms with Gasteiger partial charge in [0.25, 0.3) is 0 Å². The number of carbonyl (C=O) groups is 1. The summed E-state index contributed by atoms with van der Waals surface area (Å²) in [5.41, 5.74) is 5.67. The summed E-state index contributed by atoms with van der Waals surface area (Å²) in [6.45, 7) is 7.12. The Bertz CT molecular complexity index is 413. The average Bonchev–Trinajstić information content (AvgIpc) is 2.28. The fraction of sp³-hybridized carbons (Fsp3) is 0.500. The zero-order chi connectivity index (χ0) is 12.5. The molecule has 92 valence electrons. The number of amides is 1. The van der Waals surface area contributed by atoms with Crippen molar-refractivity contribution in [3.63, 3.8) is 0 Å². The van der Waals surface area contributed by atoms with Gasteiger partial charge in [0.15, 0.2) is 0 Å². The highest BCUT2D eigenvalue weighted by Crippen LogP contribution is 2.23. The van der Waals surface area contributed by atoms with E-state index in [1.165, 1.54) is 6.20 Å². The van der Waals surface area contributed by atoms with E-state index < -0.39 is 5.91 Å². The van der Waals surface area contributed by atoms with Crippen molar-refractivity contribution in [2.24, 2.45) is 5.73 Å². The maximum Gasteiger partial charge on any atom is 0.250 e. The van der Waals surface area contributed by atoms with Crippen LogP contribution in [0.1, 0.15) is 24.2 Å². The molecule has 0 radical (unpaired) electrons. The summed E-state index contributed by atoms with van der Waals surface area (Å²) in [6.07, 6.45) is 1.54. The summed E-state index contributed by atoms with van der Waals surface area (Å²) in [7, 11) is 0. The number of hydrogen-bond donors (Lipinski definition) is 2. The van der Waals surface area contributed by atoms with Crippen LogP contribution in [0.15, 0.2) is 18.3 Å². The minimum Gasteiger partial charge on any atom is -0.366 e. The molecule has 0 aromatic carbocycles. The van der Waals surface area contributed by atoms with Gasteiger partial charge < -0.3 is 16.0 Å². The van der Waals surface area contributed by atoms with Gasteiger partial charge >= 0.3 is 0 Å².